The first-order valence-electron chi connectivity index (χ1n) is 6.29. The summed E-state index contributed by atoms with van der Waals surface area (Å²) in [6.07, 6.45) is 2.89. The number of nitrogens with one attached hydrogen (secondary N) is 1. The number of hydrogen-bond donors (Lipinski definition) is 1. The number of alkyl halides is 1. The third kappa shape index (κ3) is 3.59. The zero-order valence-electron chi connectivity index (χ0n) is 11.6. The maximum Gasteiger partial charge on any atom is 0.411 e. The molecule has 2 heterocycles. The second-order valence-corrected chi connectivity index (χ2v) is 6.45. The number of hydrogen-bond acceptors (Lipinski definition) is 3. The van der Waals surface area contributed by atoms with Gasteiger partial charge in [0.15, 0.2) is 0 Å². The molecule has 0 saturated heterocycles. The van der Waals surface area contributed by atoms with Crippen molar-refractivity contribution in [3.8, 4) is 0 Å². The summed E-state index contributed by atoms with van der Waals surface area (Å²) < 4.78 is 19.6. The van der Waals surface area contributed by atoms with E-state index >= 15 is 0 Å². The van der Waals surface area contributed by atoms with Gasteiger partial charge >= 0.3 is 6.09 Å². The van der Waals surface area contributed by atoms with Gasteiger partial charge in [0.25, 0.3) is 0 Å². The summed E-state index contributed by atoms with van der Waals surface area (Å²) in [7, 11) is 0. The molecule has 1 N–H and O–H groups in total. The van der Waals surface area contributed by atoms with Gasteiger partial charge in [-0.2, -0.15) is 0 Å². The Bertz CT molecular complexity index is 524. The number of amides is 1. The van der Waals surface area contributed by atoms with Gasteiger partial charge in [0, 0.05) is 0 Å². The van der Waals surface area contributed by atoms with E-state index in [1.54, 1.807) is 33.0 Å². The lowest BCUT2D eigenvalue weighted by molar-refractivity contribution is 0.0137. The van der Waals surface area contributed by atoms with Crippen LogP contribution in [0.5, 0.6) is 0 Å². The number of carbonyl (C=O) groups excluding carboxylic acids is 1. The lowest BCUT2D eigenvalue weighted by atomic mass is 10.1. The number of aromatic amines is 1. The molecular formula is C13H17BrFN3O2. The summed E-state index contributed by atoms with van der Waals surface area (Å²) in [4.78, 5) is 20.7. The van der Waals surface area contributed by atoms with Crippen LogP contribution in [0.2, 0.25) is 0 Å². The number of carbonyl (C=O) groups is 1. The minimum Gasteiger partial charge on any atom is -0.444 e. The zero-order valence-corrected chi connectivity index (χ0v) is 13.1. The predicted octanol–water partition coefficient (Wildman–Crippen LogP) is 3.36. The highest BCUT2D eigenvalue weighted by Gasteiger charge is 2.33. The molecule has 2 rings (SSSR count). The molecule has 7 heteroatoms. The van der Waals surface area contributed by atoms with Gasteiger partial charge in [-0.25, -0.2) is 14.2 Å². The summed E-state index contributed by atoms with van der Waals surface area (Å²) in [6.45, 7) is 5.27. The molecule has 0 saturated carbocycles. The van der Waals surface area contributed by atoms with Crippen LogP contribution in [-0.4, -0.2) is 39.3 Å². The number of rotatable bonds is 1. The first-order chi connectivity index (χ1) is 9.26. The Hall–Kier alpha value is -1.37. The standard InChI is InChI=1S/C13H17BrFN3O2/c1-13(2,3)20-12(19)18-7-8(15)4-5-9(18)11-16-6-10(14)17-11/h4-6,8-9H,7H2,1-3H3,(H,16,17)/t8-,9+/m1/s1. The van der Waals surface area contributed by atoms with E-state index in [-0.39, 0.29) is 6.54 Å². The third-order valence-corrected chi connectivity index (χ3v) is 3.08. The molecule has 1 aliphatic heterocycles. The average molecular weight is 346 g/mol. The molecule has 110 valence electrons. The van der Waals surface area contributed by atoms with Crippen molar-refractivity contribution in [2.24, 2.45) is 0 Å². The van der Waals surface area contributed by atoms with Crippen LogP contribution in [0.4, 0.5) is 9.18 Å². The Morgan fingerprint density at radius 2 is 2.25 bits per heavy atom. The first kappa shape index (κ1) is 15.0. The minimum absolute atomic E-state index is 0.0472. The van der Waals surface area contributed by atoms with Crippen molar-refractivity contribution in [2.45, 2.75) is 38.6 Å². The number of aromatic nitrogens is 2. The van der Waals surface area contributed by atoms with Crippen LogP contribution in [0.15, 0.2) is 23.0 Å². The van der Waals surface area contributed by atoms with E-state index in [1.165, 1.54) is 11.0 Å². The van der Waals surface area contributed by atoms with Gasteiger partial charge in [0.2, 0.25) is 0 Å². The molecule has 0 radical (unpaired) electrons. The van der Waals surface area contributed by atoms with Crippen molar-refractivity contribution in [1.29, 1.82) is 0 Å². The van der Waals surface area contributed by atoms with E-state index in [1.807, 2.05) is 0 Å². The lowest BCUT2D eigenvalue weighted by Gasteiger charge is -2.34. The summed E-state index contributed by atoms with van der Waals surface area (Å²) in [5.74, 6) is 0.561. The highest BCUT2D eigenvalue weighted by atomic mass is 79.9. The van der Waals surface area contributed by atoms with E-state index in [4.69, 9.17) is 4.74 Å². The highest BCUT2D eigenvalue weighted by Crippen LogP contribution is 2.27. The molecule has 5 nitrogen and oxygen atoms in total. The van der Waals surface area contributed by atoms with Crippen molar-refractivity contribution < 1.29 is 13.9 Å². The normalized spacial score (nSPS) is 22.9. The molecule has 0 aliphatic carbocycles. The van der Waals surface area contributed by atoms with Crippen molar-refractivity contribution in [2.75, 3.05) is 6.54 Å². The zero-order chi connectivity index (χ0) is 14.9. The molecule has 0 spiro atoms. The monoisotopic (exact) mass is 345 g/mol. The smallest absolute Gasteiger partial charge is 0.411 e. The molecule has 1 amide bonds. The molecule has 2 atom stereocenters. The van der Waals surface area contributed by atoms with Crippen molar-refractivity contribution >= 4 is 22.0 Å². The molecule has 1 aromatic heterocycles. The molecular weight excluding hydrogens is 329 g/mol. The van der Waals surface area contributed by atoms with E-state index in [0.29, 0.717) is 10.4 Å². The number of H-pyrrole nitrogens is 1. The van der Waals surface area contributed by atoms with E-state index in [0.717, 1.165) is 0 Å². The van der Waals surface area contributed by atoms with E-state index in [9.17, 15) is 9.18 Å². The summed E-state index contributed by atoms with van der Waals surface area (Å²) >= 11 is 3.27. The maximum absolute atomic E-state index is 13.5. The van der Waals surface area contributed by atoms with Crippen LogP contribution in [0.25, 0.3) is 0 Å². The Morgan fingerprint density at radius 1 is 1.55 bits per heavy atom. The van der Waals surface area contributed by atoms with Crippen LogP contribution in [-0.2, 0) is 4.74 Å². The van der Waals surface area contributed by atoms with Gasteiger partial charge in [-0.05, 0) is 36.7 Å². The summed E-state index contributed by atoms with van der Waals surface area (Å²) in [5, 5.41) is 0. The molecule has 0 bridgehead atoms. The third-order valence-electron chi connectivity index (χ3n) is 2.68. The van der Waals surface area contributed by atoms with Crippen molar-refractivity contribution in [3.63, 3.8) is 0 Å². The highest BCUT2D eigenvalue weighted by molar-refractivity contribution is 9.10. The van der Waals surface area contributed by atoms with Crippen molar-refractivity contribution in [1.82, 2.24) is 14.9 Å². The SMILES string of the molecule is CC(C)(C)OC(=O)N1C[C@H](F)C=C[C@H]1c1ncc(Br)[nH]1. The van der Waals surface area contributed by atoms with Gasteiger partial charge < -0.3 is 9.72 Å². The van der Waals surface area contributed by atoms with Crippen LogP contribution in [0, 0.1) is 0 Å². The molecule has 0 aromatic carbocycles. The largest absolute Gasteiger partial charge is 0.444 e. The van der Waals surface area contributed by atoms with E-state index in [2.05, 4.69) is 25.9 Å². The van der Waals surface area contributed by atoms with Gasteiger partial charge in [-0.3, -0.25) is 4.90 Å². The molecule has 0 fully saturated rings. The Morgan fingerprint density at radius 3 is 2.80 bits per heavy atom. The quantitative estimate of drug-likeness (QED) is 0.794. The van der Waals surface area contributed by atoms with Crippen LogP contribution in [0.3, 0.4) is 0 Å². The fraction of sp³-hybridized carbons (Fsp3) is 0.538. The number of halogens is 2. The Kier molecular flexibility index (Phi) is 4.17. The number of ether oxygens (including phenoxy) is 1. The Labute approximate surface area is 125 Å². The van der Waals surface area contributed by atoms with Gasteiger partial charge in [0.1, 0.15) is 28.2 Å². The number of nitrogens with zero attached hydrogens (tertiary/aromatic N) is 2. The fourth-order valence-corrected chi connectivity index (χ4v) is 2.21. The second kappa shape index (κ2) is 5.55. The van der Waals surface area contributed by atoms with Crippen LogP contribution < -0.4 is 0 Å². The minimum atomic E-state index is -1.20. The maximum atomic E-state index is 13.5. The first-order valence-corrected chi connectivity index (χ1v) is 7.08. The molecule has 20 heavy (non-hydrogen) atoms. The van der Waals surface area contributed by atoms with Crippen molar-refractivity contribution in [3.05, 3.63) is 28.8 Å². The summed E-state index contributed by atoms with van der Waals surface area (Å²) in [5.41, 5.74) is -0.627. The number of imidazole rings is 1. The summed E-state index contributed by atoms with van der Waals surface area (Å²) in [6, 6.07) is -0.455. The fourth-order valence-electron chi connectivity index (χ4n) is 1.90. The molecule has 1 aliphatic rings. The average Bonchev–Trinajstić information content (AvgIpc) is 2.73. The van der Waals surface area contributed by atoms with Gasteiger partial charge in [-0.1, -0.05) is 12.2 Å². The topological polar surface area (TPSA) is 58.2 Å². The Balaban J connectivity index is 2.23. The molecule has 0 unspecified atom stereocenters. The predicted molar refractivity (Wildman–Crippen MR) is 76.0 cm³/mol. The second-order valence-electron chi connectivity index (χ2n) is 5.59. The van der Waals surface area contributed by atoms with E-state index < -0.39 is 23.9 Å². The lowest BCUT2D eigenvalue weighted by Crippen LogP contribution is -2.43. The van der Waals surface area contributed by atoms with Crippen LogP contribution >= 0.6 is 15.9 Å². The van der Waals surface area contributed by atoms with Gasteiger partial charge in [0.05, 0.1) is 12.7 Å². The van der Waals surface area contributed by atoms with Gasteiger partial charge in [-0.15, -0.1) is 0 Å². The molecule has 1 aromatic rings. The van der Waals surface area contributed by atoms with Crippen LogP contribution in [0.1, 0.15) is 32.6 Å².